The molecule has 3 atom stereocenters. The fraction of sp³-hybridized carbons (Fsp3) is 0.385. The van der Waals surface area contributed by atoms with Gasteiger partial charge in [0.1, 0.15) is 11.9 Å². The molecule has 3 unspecified atom stereocenters. The number of fused-ring (bicyclic) bond motifs is 1. The van der Waals surface area contributed by atoms with E-state index in [1.807, 2.05) is 56.5 Å². The molecular weight excluding hydrogens is 484 g/mol. The van der Waals surface area contributed by atoms with Gasteiger partial charge in [-0.3, -0.25) is 9.59 Å². The Labute approximate surface area is 213 Å². The van der Waals surface area contributed by atoms with E-state index in [0.29, 0.717) is 22.8 Å². The standard InChI is InChI=1S/C26H28N2O5S2/c1-16-10-12-18(13-11-16)28-22(29)21-25(2,15-34-5)26(21,24(28)31)35-14-17-8-6-7-9-19(17)20(27-33-4)23(30)32-3/h6-13,21H,14-15H2,1-5H3. The highest BCUT2D eigenvalue weighted by Crippen LogP contribution is 2.74. The third-order valence-electron chi connectivity index (χ3n) is 6.82. The molecule has 1 aliphatic heterocycles. The molecule has 2 aromatic carbocycles. The van der Waals surface area contributed by atoms with Crippen LogP contribution in [-0.4, -0.2) is 54.5 Å². The average molecular weight is 513 g/mol. The number of esters is 1. The van der Waals surface area contributed by atoms with Gasteiger partial charge in [0.2, 0.25) is 5.91 Å². The fourth-order valence-electron chi connectivity index (χ4n) is 5.04. The summed E-state index contributed by atoms with van der Waals surface area (Å²) in [4.78, 5) is 46.0. The lowest BCUT2D eigenvalue weighted by Gasteiger charge is -2.27. The molecule has 0 radical (unpaired) electrons. The quantitative estimate of drug-likeness (QED) is 0.217. The molecule has 1 saturated heterocycles. The van der Waals surface area contributed by atoms with E-state index in [9.17, 15) is 14.4 Å². The minimum atomic E-state index is -0.866. The van der Waals surface area contributed by atoms with E-state index in [1.54, 1.807) is 23.9 Å². The summed E-state index contributed by atoms with van der Waals surface area (Å²) in [6, 6.07) is 14.8. The monoisotopic (exact) mass is 512 g/mol. The van der Waals surface area contributed by atoms with Gasteiger partial charge in [0.15, 0.2) is 5.71 Å². The molecule has 4 rings (SSSR count). The van der Waals surface area contributed by atoms with Crippen LogP contribution in [0, 0.1) is 18.3 Å². The zero-order chi connectivity index (χ0) is 25.4. The van der Waals surface area contributed by atoms with Crippen molar-refractivity contribution in [3.63, 3.8) is 0 Å². The maximum absolute atomic E-state index is 13.9. The number of rotatable bonds is 9. The highest BCUT2D eigenvalue weighted by atomic mass is 32.2. The number of carbonyl (C=O) groups is 3. The topological polar surface area (TPSA) is 85.3 Å². The highest BCUT2D eigenvalue weighted by molar-refractivity contribution is 8.01. The van der Waals surface area contributed by atoms with Crippen molar-refractivity contribution >= 4 is 52.7 Å². The Kier molecular flexibility index (Phi) is 7.02. The summed E-state index contributed by atoms with van der Waals surface area (Å²) in [5, 5.41) is 3.88. The molecular formula is C26H28N2O5S2. The Morgan fingerprint density at radius 3 is 2.43 bits per heavy atom. The van der Waals surface area contributed by atoms with Crippen molar-refractivity contribution in [1.82, 2.24) is 0 Å². The number of imide groups is 1. The molecule has 2 aliphatic rings. The molecule has 1 aliphatic carbocycles. The van der Waals surface area contributed by atoms with E-state index in [-0.39, 0.29) is 17.5 Å². The largest absolute Gasteiger partial charge is 0.464 e. The molecule has 35 heavy (non-hydrogen) atoms. The summed E-state index contributed by atoms with van der Waals surface area (Å²) in [6.07, 6.45) is 1.99. The number of nitrogens with zero attached hydrogens (tertiary/aromatic N) is 2. The van der Waals surface area contributed by atoms with E-state index >= 15 is 0 Å². The Morgan fingerprint density at radius 2 is 1.80 bits per heavy atom. The molecule has 0 aromatic heterocycles. The number of thioether (sulfide) groups is 2. The molecule has 1 saturated carbocycles. The second-order valence-corrected chi connectivity index (χ2v) is 11.0. The van der Waals surface area contributed by atoms with Crippen LogP contribution in [0.4, 0.5) is 5.69 Å². The second-order valence-electron chi connectivity index (χ2n) is 8.89. The van der Waals surface area contributed by atoms with Gasteiger partial charge in [-0.05, 0) is 30.9 Å². The van der Waals surface area contributed by atoms with Crippen LogP contribution in [0.1, 0.15) is 23.6 Å². The Balaban J connectivity index is 1.68. The van der Waals surface area contributed by atoms with Crippen molar-refractivity contribution in [2.45, 2.75) is 24.3 Å². The van der Waals surface area contributed by atoms with Crippen molar-refractivity contribution in [1.29, 1.82) is 0 Å². The summed E-state index contributed by atoms with van der Waals surface area (Å²) in [5.41, 5.74) is 2.64. The molecule has 0 N–H and O–H groups in total. The first-order valence-corrected chi connectivity index (χ1v) is 13.5. The van der Waals surface area contributed by atoms with Gasteiger partial charge in [0.05, 0.1) is 18.7 Å². The van der Waals surface area contributed by atoms with Gasteiger partial charge in [-0.1, -0.05) is 54.0 Å². The number of oxime groups is 1. The summed E-state index contributed by atoms with van der Waals surface area (Å²) < 4.78 is 4.02. The van der Waals surface area contributed by atoms with Crippen LogP contribution < -0.4 is 4.90 Å². The summed E-state index contributed by atoms with van der Waals surface area (Å²) in [5.74, 6) is -0.222. The lowest BCUT2D eigenvalue weighted by Crippen LogP contribution is -2.42. The predicted octanol–water partition coefficient (Wildman–Crippen LogP) is 4.06. The van der Waals surface area contributed by atoms with Gasteiger partial charge < -0.3 is 9.57 Å². The number of ether oxygens (including phenoxy) is 1. The van der Waals surface area contributed by atoms with E-state index in [1.165, 1.54) is 30.9 Å². The van der Waals surface area contributed by atoms with E-state index < -0.39 is 22.0 Å². The van der Waals surface area contributed by atoms with Crippen molar-refractivity contribution in [2.24, 2.45) is 16.5 Å². The smallest absolute Gasteiger partial charge is 0.360 e. The van der Waals surface area contributed by atoms with Crippen molar-refractivity contribution in [2.75, 3.05) is 31.1 Å². The normalized spacial score (nSPS) is 25.5. The highest BCUT2D eigenvalue weighted by Gasteiger charge is 2.86. The van der Waals surface area contributed by atoms with Crippen LogP contribution in [0.25, 0.3) is 0 Å². The van der Waals surface area contributed by atoms with Crippen LogP contribution in [0.15, 0.2) is 53.7 Å². The van der Waals surface area contributed by atoms with Crippen LogP contribution in [0.5, 0.6) is 0 Å². The van der Waals surface area contributed by atoms with Crippen LogP contribution in [0.3, 0.4) is 0 Å². The van der Waals surface area contributed by atoms with Gasteiger partial charge in [0.25, 0.3) is 5.91 Å². The number of hydrogen-bond acceptors (Lipinski definition) is 8. The molecule has 7 nitrogen and oxygen atoms in total. The maximum Gasteiger partial charge on any atom is 0.360 e. The first-order valence-electron chi connectivity index (χ1n) is 11.1. The lowest BCUT2D eigenvalue weighted by atomic mass is 10.0. The van der Waals surface area contributed by atoms with Crippen molar-refractivity contribution in [3.05, 3.63) is 65.2 Å². The van der Waals surface area contributed by atoms with Crippen LogP contribution in [-0.2, 0) is 29.7 Å². The van der Waals surface area contributed by atoms with Crippen LogP contribution >= 0.6 is 23.5 Å². The minimum absolute atomic E-state index is 0.0537. The van der Waals surface area contributed by atoms with Gasteiger partial charge in [0, 0.05) is 22.5 Å². The first-order chi connectivity index (χ1) is 16.8. The molecule has 184 valence electrons. The third-order valence-corrected chi connectivity index (χ3v) is 9.50. The summed E-state index contributed by atoms with van der Waals surface area (Å²) >= 11 is 3.11. The minimum Gasteiger partial charge on any atom is -0.464 e. The Bertz CT molecular complexity index is 1200. The predicted molar refractivity (Wildman–Crippen MR) is 140 cm³/mol. The number of benzene rings is 2. The van der Waals surface area contributed by atoms with Crippen molar-refractivity contribution in [3.8, 4) is 0 Å². The fourth-order valence-corrected chi connectivity index (χ4v) is 7.97. The molecule has 2 aromatic rings. The summed E-state index contributed by atoms with van der Waals surface area (Å²) in [7, 11) is 2.65. The molecule has 1 heterocycles. The first kappa shape index (κ1) is 25.3. The molecule has 2 fully saturated rings. The average Bonchev–Trinajstić information content (AvgIpc) is 3.30. The van der Waals surface area contributed by atoms with Gasteiger partial charge in [-0.15, -0.1) is 11.8 Å². The lowest BCUT2D eigenvalue weighted by molar-refractivity contribution is -0.133. The van der Waals surface area contributed by atoms with E-state index in [2.05, 4.69) is 5.16 Å². The van der Waals surface area contributed by atoms with E-state index in [4.69, 9.17) is 9.57 Å². The number of aryl methyl sites for hydroxylation is 1. The molecule has 9 heteroatoms. The van der Waals surface area contributed by atoms with Gasteiger partial charge in [-0.25, -0.2) is 9.69 Å². The number of piperidine rings is 1. The maximum atomic E-state index is 13.9. The number of carbonyl (C=O) groups excluding carboxylic acids is 3. The van der Waals surface area contributed by atoms with Crippen LogP contribution in [0.2, 0.25) is 0 Å². The zero-order valence-electron chi connectivity index (χ0n) is 20.4. The summed E-state index contributed by atoms with van der Waals surface area (Å²) in [6.45, 7) is 4.00. The number of methoxy groups -OCH3 is 1. The molecule has 0 spiro atoms. The number of anilines is 1. The third kappa shape index (κ3) is 3.94. The van der Waals surface area contributed by atoms with Gasteiger partial charge in [-0.2, -0.15) is 11.8 Å². The Morgan fingerprint density at radius 1 is 1.11 bits per heavy atom. The number of hydrogen-bond donors (Lipinski definition) is 0. The molecule has 2 amide bonds. The molecule has 0 bridgehead atoms. The van der Waals surface area contributed by atoms with Crippen molar-refractivity contribution < 1.29 is 24.0 Å². The van der Waals surface area contributed by atoms with Gasteiger partial charge >= 0.3 is 5.97 Å². The SMILES string of the molecule is CON=C(C(=O)OC)c1ccccc1CSC12C(=O)N(c3ccc(C)cc3)C(=O)C1C2(C)CSC. The Hall–Kier alpha value is -2.78. The zero-order valence-corrected chi connectivity index (χ0v) is 22.0. The number of amides is 2. The second kappa shape index (κ2) is 9.70. The van der Waals surface area contributed by atoms with E-state index in [0.717, 1.165) is 11.1 Å².